The predicted molar refractivity (Wildman–Crippen MR) is 165 cm³/mol. The number of fused-ring (bicyclic) bond motifs is 1. The summed E-state index contributed by atoms with van der Waals surface area (Å²) in [6.07, 6.45) is -4.75. The van der Waals surface area contributed by atoms with Crippen LogP contribution >= 0.6 is 22.9 Å². The molecule has 2 amide bonds. The number of carbonyl (C=O) groups is 2. The highest BCUT2D eigenvalue weighted by molar-refractivity contribution is 7.21. The van der Waals surface area contributed by atoms with Gasteiger partial charge >= 0.3 is 6.18 Å². The Morgan fingerprint density at radius 3 is 2.43 bits per heavy atom. The van der Waals surface area contributed by atoms with Crippen LogP contribution in [0.1, 0.15) is 68.1 Å². The molecule has 0 aliphatic carbocycles. The summed E-state index contributed by atoms with van der Waals surface area (Å²) >= 11 is 6.96. The van der Waals surface area contributed by atoms with Crippen LogP contribution in [-0.2, 0) is 12.8 Å². The van der Waals surface area contributed by atoms with E-state index in [1.807, 2.05) is 39.8 Å². The number of nitrogens with zero attached hydrogens (tertiary/aromatic N) is 1. The van der Waals surface area contributed by atoms with Crippen molar-refractivity contribution in [3.63, 3.8) is 0 Å². The Balaban J connectivity index is 1.49. The molecule has 5 rings (SSSR count). The normalized spacial score (nSPS) is 11.8. The fourth-order valence-electron chi connectivity index (χ4n) is 4.65. The van der Waals surface area contributed by atoms with Crippen LogP contribution in [-0.4, -0.2) is 16.8 Å². The van der Waals surface area contributed by atoms with Gasteiger partial charge in [0.05, 0.1) is 5.69 Å². The molecular weight excluding hydrogens is 615 g/mol. The number of hydrogen-bond donors (Lipinski definition) is 2. The number of alkyl halides is 3. The monoisotopic (exact) mass is 641 g/mol. The first-order valence-electron chi connectivity index (χ1n) is 13.5. The molecule has 3 N–H and O–H groups in total. The van der Waals surface area contributed by atoms with Crippen molar-refractivity contribution in [3.8, 4) is 16.9 Å². The largest absolute Gasteiger partial charge is 0.485 e. The van der Waals surface area contributed by atoms with E-state index in [4.69, 9.17) is 26.5 Å². The quantitative estimate of drug-likeness (QED) is 0.176. The van der Waals surface area contributed by atoms with Crippen LogP contribution in [0.2, 0.25) is 5.02 Å². The topological polar surface area (TPSA) is 107 Å². The minimum atomic E-state index is -4.75. The van der Waals surface area contributed by atoms with E-state index in [1.54, 1.807) is 30.3 Å². The summed E-state index contributed by atoms with van der Waals surface area (Å²) in [4.78, 5) is 29.3. The number of carbonyl (C=O) groups excluding carboxylic acids is 2. The molecule has 2 aromatic carbocycles. The minimum Gasteiger partial charge on any atom is -0.485 e. The number of benzene rings is 2. The first kappa shape index (κ1) is 31.1. The Hall–Kier alpha value is -4.35. The number of aryl methyl sites for hydroxylation is 2. The SMILES string of the molecule is Cc1ccc(-c2cc(C(F)(F)F)nc3sc(C(N)=O)c(NC(=O)c4ccc(COc5cc(C)c(Cl)cc5C(C)C)o4)c23)cc1. The van der Waals surface area contributed by atoms with Gasteiger partial charge in [-0.1, -0.05) is 55.3 Å². The molecule has 5 aromatic rings. The van der Waals surface area contributed by atoms with Crippen molar-refractivity contribution in [2.45, 2.75) is 46.4 Å². The number of nitrogens with one attached hydrogen (secondary N) is 1. The first-order valence-corrected chi connectivity index (χ1v) is 14.7. The van der Waals surface area contributed by atoms with Gasteiger partial charge in [-0.25, -0.2) is 4.98 Å². The number of primary amides is 1. The van der Waals surface area contributed by atoms with Gasteiger partial charge < -0.3 is 20.2 Å². The van der Waals surface area contributed by atoms with Gasteiger partial charge in [0.25, 0.3) is 11.8 Å². The number of aromatic nitrogens is 1. The molecule has 3 heterocycles. The van der Waals surface area contributed by atoms with E-state index < -0.39 is 23.7 Å². The Kier molecular flexibility index (Phi) is 8.46. The number of nitrogens with two attached hydrogens (primary N) is 1. The van der Waals surface area contributed by atoms with Crippen LogP contribution in [0.5, 0.6) is 5.75 Å². The molecule has 0 unspecified atom stereocenters. The molecule has 0 saturated heterocycles. The van der Waals surface area contributed by atoms with Gasteiger partial charge in [-0.05, 0) is 72.4 Å². The second-order valence-corrected chi connectivity index (χ2v) is 12.0. The van der Waals surface area contributed by atoms with Gasteiger partial charge in [-0.2, -0.15) is 13.2 Å². The van der Waals surface area contributed by atoms with E-state index >= 15 is 0 Å². The summed E-state index contributed by atoms with van der Waals surface area (Å²) in [5, 5.41) is 3.42. The minimum absolute atomic E-state index is 0.0176. The van der Waals surface area contributed by atoms with Gasteiger partial charge in [-0.15, -0.1) is 11.3 Å². The molecule has 0 fully saturated rings. The van der Waals surface area contributed by atoms with Crippen LogP contribution in [0, 0.1) is 13.8 Å². The van der Waals surface area contributed by atoms with E-state index in [0.29, 0.717) is 33.4 Å². The zero-order valence-corrected chi connectivity index (χ0v) is 25.6. The van der Waals surface area contributed by atoms with E-state index in [2.05, 4.69) is 10.3 Å². The van der Waals surface area contributed by atoms with Crippen molar-refractivity contribution in [1.29, 1.82) is 0 Å². The molecule has 0 saturated carbocycles. The number of amides is 2. The van der Waals surface area contributed by atoms with E-state index in [1.165, 1.54) is 6.07 Å². The molecular formula is C32H27ClF3N3O4S. The van der Waals surface area contributed by atoms with Crippen LogP contribution in [0.4, 0.5) is 18.9 Å². The highest BCUT2D eigenvalue weighted by Crippen LogP contribution is 2.44. The highest BCUT2D eigenvalue weighted by Gasteiger charge is 2.35. The molecule has 0 spiro atoms. The number of rotatable bonds is 8. The van der Waals surface area contributed by atoms with E-state index in [9.17, 15) is 22.8 Å². The number of ether oxygens (including phenoxy) is 1. The molecule has 3 aromatic heterocycles. The Morgan fingerprint density at radius 1 is 1.09 bits per heavy atom. The van der Waals surface area contributed by atoms with Crippen LogP contribution < -0.4 is 15.8 Å². The molecule has 44 heavy (non-hydrogen) atoms. The Labute approximate surface area is 259 Å². The van der Waals surface area contributed by atoms with Crippen molar-refractivity contribution in [2.24, 2.45) is 5.73 Å². The number of hydrogen-bond acceptors (Lipinski definition) is 6. The third-order valence-electron chi connectivity index (χ3n) is 6.95. The van der Waals surface area contributed by atoms with Crippen molar-refractivity contribution in [1.82, 2.24) is 4.98 Å². The smallest absolute Gasteiger partial charge is 0.433 e. The van der Waals surface area contributed by atoms with Gasteiger partial charge in [-0.3, -0.25) is 9.59 Å². The lowest BCUT2D eigenvalue weighted by Gasteiger charge is -2.15. The zero-order valence-electron chi connectivity index (χ0n) is 24.1. The van der Waals surface area contributed by atoms with E-state index in [-0.39, 0.29) is 44.6 Å². The van der Waals surface area contributed by atoms with E-state index in [0.717, 1.165) is 22.8 Å². The predicted octanol–water partition coefficient (Wildman–Crippen LogP) is 8.90. The standard InChI is InChI=1S/C32H27ClF3N3O4S/c1-15(2)20-12-22(33)17(4)11-24(20)42-14-19-9-10-23(43-19)30(41)39-27-26-21(18-7-5-16(3)6-8-18)13-25(32(34,35)36)38-31(26)44-28(27)29(37)40/h5-13,15H,14H2,1-4H3,(H2,37,40)(H,39,41). The van der Waals surface area contributed by atoms with Gasteiger partial charge in [0, 0.05) is 10.4 Å². The third-order valence-corrected chi connectivity index (χ3v) is 8.45. The highest BCUT2D eigenvalue weighted by atomic mass is 35.5. The number of thiophene rings is 1. The summed E-state index contributed by atoms with van der Waals surface area (Å²) in [6.45, 7) is 7.76. The molecule has 0 aliphatic heterocycles. The van der Waals surface area contributed by atoms with Crippen molar-refractivity contribution in [2.75, 3.05) is 5.32 Å². The molecule has 228 valence electrons. The summed E-state index contributed by atoms with van der Waals surface area (Å²) in [6, 6.07) is 14.4. The molecule has 0 bridgehead atoms. The number of furan rings is 1. The fraction of sp³-hybridized carbons (Fsp3) is 0.219. The summed E-state index contributed by atoms with van der Waals surface area (Å²) in [5.41, 5.74) is 7.65. The molecule has 7 nitrogen and oxygen atoms in total. The summed E-state index contributed by atoms with van der Waals surface area (Å²) in [7, 11) is 0. The maximum atomic E-state index is 13.8. The fourth-order valence-corrected chi connectivity index (χ4v) is 5.82. The van der Waals surface area contributed by atoms with Crippen molar-refractivity contribution >= 4 is 50.7 Å². The second-order valence-electron chi connectivity index (χ2n) is 10.6. The zero-order chi connectivity index (χ0) is 31.9. The van der Waals surface area contributed by atoms with Crippen molar-refractivity contribution < 1.29 is 31.9 Å². The maximum absolute atomic E-state index is 13.8. The number of halogens is 4. The maximum Gasteiger partial charge on any atom is 0.433 e. The number of pyridine rings is 1. The average Bonchev–Trinajstić information content (AvgIpc) is 3.58. The second kappa shape index (κ2) is 12.0. The Morgan fingerprint density at radius 2 is 1.80 bits per heavy atom. The van der Waals surface area contributed by atoms with Crippen LogP contribution in [0.3, 0.4) is 0 Å². The molecule has 0 radical (unpaired) electrons. The molecule has 0 aliphatic rings. The Bertz CT molecular complexity index is 1900. The lowest BCUT2D eigenvalue weighted by molar-refractivity contribution is -0.140. The summed E-state index contributed by atoms with van der Waals surface area (Å²) in [5.74, 6) is -0.647. The van der Waals surface area contributed by atoms with Gasteiger partial charge in [0.2, 0.25) is 0 Å². The van der Waals surface area contributed by atoms with Crippen LogP contribution in [0.25, 0.3) is 21.3 Å². The lowest BCUT2D eigenvalue weighted by atomic mass is 10.00. The lowest BCUT2D eigenvalue weighted by Crippen LogP contribution is -2.16. The summed E-state index contributed by atoms with van der Waals surface area (Å²) < 4.78 is 53.1. The van der Waals surface area contributed by atoms with Gasteiger partial charge in [0.15, 0.2) is 5.76 Å². The molecule has 12 heteroatoms. The first-order chi connectivity index (χ1) is 20.7. The number of anilines is 1. The average molecular weight is 642 g/mol. The third kappa shape index (κ3) is 6.29. The van der Waals surface area contributed by atoms with Gasteiger partial charge in [0.1, 0.15) is 33.5 Å². The molecule has 0 atom stereocenters. The van der Waals surface area contributed by atoms with Crippen molar-refractivity contribution in [3.05, 3.63) is 98.4 Å². The van der Waals surface area contributed by atoms with Crippen LogP contribution in [0.15, 0.2) is 59.0 Å².